The third kappa shape index (κ3) is 4.54. The summed E-state index contributed by atoms with van der Waals surface area (Å²) in [7, 11) is 0. The second-order valence-electron chi connectivity index (χ2n) is 6.23. The number of piperazine rings is 1. The first kappa shape index (κ1) is 13.3. The summed E-state index contributed by atoms with van der Waals surface area (Å²) in [4.78, 5) is 5.07. The average molecular weight is 241 g/mol. The quantitative estimate of drug-likeness (QED) is 0.789. The molecule has 0 radical (unpaired) electrons. The van der Waals surface area contributed by atoms with E-state index < -0.39 is 0 Å². The molecule has 0 amide bonds. The maximum Gasteiger partial charge on any atom is 0.0721 e. The van der Waals surface area contributed by atoms with Gasteiger partial charge in [-0.25, -0.2) is 0 Å². The minimum absolute atomic E-state index is 0.00425. The van der Waals surface area contributed by atoms with Crippen LogP contribution < -0.4 is 5.32 Å². The molecule has 4 heteroatoms. The maximum atomic E-state index is 6.05. The Hall–Kier alpha value is -0.160. The molecule has 2 heterocycles. The SMILES string of the molecule is CC(C)(C)O[C@H]1CCN(CN2CCNCC2)C1. The number of rotatable bonds is 3. The predicted octanol–water partition coefficient (Wildman–Crippen LogP) is 0.739. The van der Waals surface area contributed by atoms with Gasteiger partial charge in [0, 0.05) is 39.3 Å². The van der Waals surface area contributed by atoms with E-state index in [0.29, 0.717) is 6.10 Å². The lowest BCUT2D eigenvalue weighted by atomic mass is 10.2. The van der Waals surface area contributed by atoms with E-state index in [1.165, 1.54) is 26.1 Å². The van der Waals surface area contributed by atoms with Gasteiger partial charge >= 0.3 is 0 Å². The van der Waals surface area contributed by atoms with Gasteiger partial charge in [0.1, 0.15) is 0 Å². The molecule has 1 N–H and O–H groups in total. The van der Waals surface area contributed by atoms with Crippen LogP contribution in [0.25, 0.3) is 0 Å². The summed E-state index contributed by atoms with van der Waals surface area (Å²) < 4.78 is 6.05. The van der Waals surface area contributed by atoms with Crippen LogP contribution >= 0.6 is 0 Å². The predicted molar refractivity (Wildman–Crippen MR) is 70.1 cm³/mol. The molecule has 0 bridgehead atoms. The average Bonchev–Trinajstić information content (AvgIpc) is 2.64. The monoisotopic (exact) mass is 241 g/mol. The molecule has 0 spiro atoms. The van der Waals surface area contributed by atoms with E-state index in [9.17, 15) is 0 Å². The minimum atomic E-state index is -0.00425. The first-order chi connectivity index (χ1) is 8.03. The summed E-state index contributed by atoms with van der Waals surface area (Å²) in [6.45, 7) is 14.5. The zero-order valence-electron chi connectivity index (χ0n) is 11.5. The fourth-order valence-corrected chi connectivity index (χ4v) is 2.66. The molecule has 0 aliphatic carbocycles. The molecule has 0 saturated carbocycles. The van der Waals surface area contributed by atoms with Crippen LogP contribution in [0, 0.1) is 0 Å². The Balaban J connectivity index is 1.70. The Kier molecular flexibility index (Phi) is 4.42. The van der Waals surface area contributed by atoms with Crippen molar-refractivity contribution in [3.63, 3.8) is 0 Å². The highest BCUT2D eigenvalue weighted by atomic mass is 16.5. The maximum absolute atomic E-state index is 6.05. The Morgan fingerprint density at radius 1 is 1.12 bits per heavy atom. The van der Waals surface area contributed by atoms with Gasteiger partial charge in [0.25, 0.3) is 0 Å². The van der Waals surface area contributed by atoms with Gasteiger partial charge in [-0.05, 0) is 27.2 Å². The summed E-state index contributed by atoms with van der Waals surface area (Å²) >= 11 is 0. The molecular formula is C13H27N3O. The van der Waals surface area contributed by atoms with Gasteiger partial charge in [0.05, 0.1) is 18.4 Å². The van der Waals surface area contributed by atoms with E-state index in [4.69, 9.17) is 4.74 Å². The molecule has 0 unspecified atom stereocenters. The van der Waals surface area contributed by atoms with Gasteiger partial charge in [-0.2, -0.15) is 0 Å². The van der Waals surface area contributed by atoms with Crippen LogP contribution in [0.1, 0.15) is 27.2 Å². The molecule has 0 aromatic carbocycles. The Morgan fingerprint density at radius 2 is 1.82 bits per heavy atom. The zero-order chi connectivity index (χ0) is 12.3. The second kappa shape index (κ2) is 5.65. The lowest BCUT2D eigenvalue weighted by Crippen LogP contribution is -2.48. The molecule has 2 aliphatic heterocycles. The van der Waals surface area contributed by atoms with Gasteiger partial charge in [-0.1, -0.05) is 0 Å². The molecule has 0 aromatic heterocycles. The fraction of sp³-hybridized carbons (Fsp3) is 1.00. The summed E-state index contributed by atoms with van der Waals surface area (Å²) in [5, 5.41) is 3.39. The van der Waals surface area contributed by atoms with Crippen molar-refractivity contribution in [2.75, 3.05) is 45.9 Å². The molecule has 2 rings (SSSR count). The van der Waals surface area contributed by atoms with Gasteiger partial charge < -0.3 is 10.1 Å². The summed E-state index contributed by atoms with van der Waals surface area (Å²) in [6.07, 6.45) is 1.61. The highest BCUT2D eigenvalue weighted by molar-refractivity contribution is 4.79. The number of likely N-dealkylation sites (tertiary alicyclic amines) is 1. The standard InChI is InChI=1S/C13H27N3O/c1-13(2,3)17-12-4-7-16(10-12)11-15-8-5-14-6-9-15/h12,14H,4-11H2,1-3H3/t12-/m0/s1. The molecule has 1 atom stereocenters. The Bertz CT molecular complexity index is 233. The zero-order valence-corrected chi connectivity index (χ0v) is 11.5. The van der Waals surface area contributed by atoms with Crippen LogP contribution in [0.5, 0.6) is 0 Å². The lowest BCUT2D eigenvalue weighted by molar-refractivity contribution is -0.0554. The molecule has 2 fully saturated rings. The number of hydrogen-bond donors (Lipinski definition) is 1. The summed E-state index contributed by atoms with van der Waals surface area (Å²) in [5.74, 6) is 0. The van der Waals surface area contributed by atoms with Crippen LogP contribution in [0.3, 0.4) is 0 Å². The van der Waals surface area contributed by atoms with E-state index >= 15 is 0 Å². The van der Waals surface area contributed by atoms with Crippen LogP contribution in [-0.4, -0.2) is 67.4 Å². The van der Waals surface area contributed by atoms with Crippen molar-refractivity contribution in [2.24, 2.45) is 0 Å². The molecule has 0 aromatic rings. The molecule has 4 nitrogen and oxygen atoms in total. The Morgan fingerprint density at radius 3 is 2.47 bits per heavy atom. The van der Waals surface area contributed by atoms with Crippen molar-refractivity contribution in [3.05, 3.63) is 0 Å². The molecule has 2 aliphatic rings. The number of hydrogen-bond acceptors (Lipinski definition) is 4. The third-order valence-electron chi connectivity index (χ3n) is 3.36. The van der Waals surface area contributed by atoms with Crippen molar-refractivity contribution in [1.82, 2.24) is 15.1 Å². The van der Waals surface area contributed by atoms with Crippen LogP contribution in [0.4, 0.5) is 0 Å². The molecule has 2 saturated heterocycles. The number of nitrogens with zero attached hydrogens (tertiary/aromatic N) is 2. The smallest absolute Gasteiger partial charge is 0.0721 e. The highest BCUT2D eigenvalue weighted by Crippen LogP contribution is 2.19. The molecule has 100 valence electrons. The minimum Gasteiger partial charge on any atom is -0.371 e. The number of ether oxygens (including phenoxy) is 1. The van der Waals surface area contributed by atoms with Crippen molar-refractivity contribution in [3.8, 4) is 0 Å². The third-order valence-corrected chi connectivity index (χ3v) is 3.36. The van der Waals surface area contributed by atoms with Gasteiger partial charge in [-0.3, -0.25) is 9.80 Å². The lowest BCUT2D eigenvalue weighted by Gasteiger charge is -2.31. The fourth-order valence-electron chi connectivity index (χ4n) is 2.66. The largest absolute Gasteiger partial charge is 0.371 e. The van der Waals surface area contributed by atoms with E-state index in [1.54, 1.807) is 0 Å². The van der Waals surface area contributed by atoms with Crippen LogP contribution in [0.15, 0.2) is 0 Å². The molecular weight excluding hydrogens is 214 g/mol. The van der Waals surface area contributed by atoms with Crippen molar-refractivity contribution >= 4 is 0 Å². The van der Waals surface area contributed by atoms with Crippen molar-refractivity contribution < 1.29 is 4.74 Å². The summed E-state index contributed by atoms with van der Waals surface area (Å²) in [5.41, 5.74) is -0.00425. The second-order valence-corrected chi connectivity index (χ2v) is 6.23. The van der Waals surface area contributed by atoms with E-state index in [2.05, 4.69) is 35.9 Å². The van der Waals surface area contributed by atoms with Gasteiger partial charge in [-0.15, -0.1) is 0 Å². The Labute approximate surface area is 105 Å². The van der Waals surface area contributed by atoms with E-state index in [-0.39, 0.29) is 5.60 Å². The topological polar surface area (TPSA) is 27.7 Å². The normalized spacial score (nSPS) is 28.8. The van der Waals surface area contributed by atoms with Crippen LogP contribution in [-0.2, 0) is 4.74 Å². The van der Waals surface area contributed by atoms with Crippen LogP contribution in [0.2, 0.25) is 0 Å². The highest BCUT2D eigenvalue weighted by Gasteiger charge is 2.28. The van der Waals surface area contributed by atoms with E-state index in [1.807, 2.05) is 0 Å². The van der Waals surface area contributed by atoms with Gasteiger partial charge in [0.2, 0.25) is 0 Å². The van der Waals surface area contributed by atoms with Crippen molar-refractivity contribution in [2.45, 2.75) is 38.9 Å². The van der Waals surface area contributed by atoms with Crippen molar-refractivity contribution in [1.29, 1.82) is 0 Å². The van der Waals surface area contributed by atoms with Gasteiger partial charge in [0.15, 0.2) is 0 Å². The van der Waals surface area contributed by atoms with E-state index in [0.717, 1.165) is 26.3 Å². The first-order valence-corrected chi connectivity index (χ1v) is 6.86. The first-order valence-electron chi connectivity index (χ1n) is 6.86. The summed E-state index contributed by atoms with van der Waals surface area (Å²) in [6, 6.07) is 0. The number of nitrogens with one attached hydrogen (secondary N) is 1. The molecule has 17 heavy (non-hydrogen) atoms.